The summed E-state index contributed by atoms with van der Waals surface area (Å²) in [5, 5.41) is 4.28. The quantitative estimate of drug-likeness (QED) is 0.169. The van der Waals surface area contributed by atoms with E-state index in [1.165, 1.54) is 83.5 Å². The smallest absolute Gasteiger partial charge is 0.0817 e. The molecule has 0 fully saturated rings. The number of hydrogen-bond donors (Lipinski definition) is 0. The molecule has 0 saturated heterocycles. The van der Waals surface area contributed by atoms with Gasteiger partial charge in [0.25, 0.3) is 0 Å². The van der Waals surface area contributed by atoms with Gasteiger partial charge in [-0.2, -0.15) is 0 Å². The molecule has 2 heteroatoms. The molecule has 2 nitrogen and oxygen atoms in total. The van der Waals surface area contributed by atoms with E-state index >= 15 is 0 Å². The van der Waals surface area contributed by atoms with Crippen molar-refractivity contribution in [3.8, 4) is 44.5 Å². The molecule has 1 spiro atoms. The molecule has 63 heavy (non-hydrogen) atoms. The van der Waals surface area contributed by atoms with Gasteiger partial charge < -0.3 is 0 Å². The number of benzene rings is 8. The molecule has 4 aliphatic carbocycles. The highest BCUT2D eigenvalue weighted by atomic mass is 14.8. The third kappa shape index (κ3) is 4.72. The van der Waals surface area contributed by atoms with Gasteiger partial charge in [0, 0.05) is 27.1 Å². The largest absolute Gasteiger partial charge is 0.248 e. The van der Waals surface area contributed by atoms with Crippen LogP contribution in [0.15, 0.2) is 227 Å². The molecule has 8 aromatic carbocycles. The molecule has 0 aromatic heterocycles. The summed E-state index contributed by atoms with van der Waals surface area (Å²) in [5.74, 6) is 0. The first-order valence-corrected chi connectivity index (χ1v) is 21.8. The van der Waals surface area contributed by atoms with Gasteiger partial charge in [-0.1, -0.05) is 182 Å². The van der Waals surface area contributed by atoms with Crippen LogP contribution in [0.2, 0.25) is 0 Å². The molecule has 0 N–H and O–H groups in total. The molecule has 6 aliphatic rings. The Morgan fingerprint density at radius 2 is 0.968 bits per heavy atom. The van der Waals surface area contributed by atoms with Gasteiger partial charge in [-0.3, -0.25) is 0 Å². The van der Waals surface area contributed by atoms with Crippen molar-refractivity contribution in [2.24, 2.45) is 15.4 Å². The first-order chi connectivity index (χ1) is 31.2. The minimum atomic E-state index is -0.593. The maximum Gasteiger partial charge on any atom is 0.0817 e. The molecule has 0 amide bonds. The molecular weight excluding hydrogens is 761 g/mol. The molecule has 2 heterocycles. The van der Waals surface area contributed by atoms with E-state index in [0.29, 0.717) is 0 Å². The standard InChI is InChI=1S/C61H36N2/c1-2-15-37(16-3-1)40-19-8-9-22-43(40)44-23-10-11-25-48(44)57-50(30-33-55-58(57)59-56(62-55)32-29-49-47-24-12-13-27-54(47)63-60(49)59)51-31-28-46-42-21-7-5-18-39(42)36-53(46)61(51)34-14-26-45-41-20-6-4-17-38(41)35-52(45)61/h1-36H. The van der Waals surface area contributed by atoms with Crippen LogP contribution in [0.1, 0.15) is 27.8 Å². The first-order valence-electron chi connectivity index (χ1n) is 21.8. The molecule has 14 rings (SSSR count). The molecule has 0 bridgehead atoms. The average molecular weight is 797 g/mol. The van der Waals surface area contributed by atoms with Crippen LogP contribution in [0.3, 0.4) is 0 Å². The van der Waals surface area contributed by atoms with Gasteiger partial charge in [-0.05, 0) is 120 Å². The Balaban J connectivity index is 1.11. The lowest BCUT2D eigenvalue weighted by Gasteiger charge is -2.42. The van der Waals surface area contributed by atoms with Crippen LogP contribution < -0.4 is 10.7 Å². The Bertz CT molecular complexity index is 3810. The summed E-state index contributed by atoms with van der Waals surface area (Å²) in [4.78, 5) is 10.8. The van der Waals surface area contributed by atoms with Crippen LogP contribution in [-0.2, 0) is 0 Å². The fourth-order valence-corrected chi connectivity index (χ4v) is 11.4. The molecule has 2 aliphatic heterocycles. The summed E-state index contributed by atoms with van der Waals surface area (Å²) in [7, 11) is 0. The monoisotopic (exact) mass is 796 g/mol. The highest BCUT2D eigenvalue weighted by molar-refractivity contribution is 6.14. The first kappa shape index (κ1) is 34.5. The molecule has 8 aromatic rings. The fraction of sp³-hybridized carbons (Fsp3) is 0.0164. The maximum atomic E-state index is 5.42. The zero-order valence-electron chi connectivity index (χ0n) is 34.2. The van der Waals surface area contributed by atoms with Gasteiger partial charge in [0.1, 0.15) is 0 Å². The number of rotatable bonds is 4. The summed E-state index contributed by atoms with van der Waals surface area (Å²) >= 11 is 0. The molecule has 1 unspecified atom stereocenters. The summed E-state index contributed by atoms with van der Waals surface area (Å²) in [6.07, 6.45) is 16.8. The second-order valence-corrected chi connectivity index (χ2v) is 17.1. The minimum absolute atomic E-state index is 0.593. The fourth-order valence-electron chi connectivity index (χ4n) is 11.4. The van der Waals surface area contributed by atoms with Gasteiger partial charge in [-0.15, -0.1) is 0 Å². The Labute approximate surface area is 365 Å². The van der Waals surface area contributed by atoms with Crippen LogP contribution in [-0.4, -0.2) is 0 Å². The number of nitrogens with zero attached hydrogens (tertiary/aromatic N) is 2. The zero-order valence-corrected chi connectivity index (χ0v) is 34.2. The lowest BCUT2D eigenvalue weighted by molar-refractivity contribution is 0.779. The van der Waals surface area contributed by atoms with E-state index < -0.39 is 5.41 Å². The zero-order chi connectivity index (χ0) is 41.2. The lowest BCUT2D eigenvalue weighted by Crippen LogP contribution is -2.29. The van der Waals surface area contributed by atoms with Gasteiger partial charge in [0.15, 0.2) is 0 Å². The van der Waals surface area contributed by atoms with Crippen molar-refractivity contribution in [2.75, 3.05) is 0 Å². The van der Waals surface area contributed by atoms with E-state index in [1.54, 1.807) is 0 Å². The van der Waals surface area contributed by atoms with Gasteiger partial charge in [0.05, 0.1) is 27.5 Å². The summed E-state index contributed by atoms with van der Waals surface area (Å²) in [6.45, 7) is 0. The predicted molar refractivity (Wildman–Crippen MR) is 258 cm³/mol. The van der Waals surface area contributed by atoms with Crippen LogP contribution in [0.4, 0.5) is 11.4 Å². The highest BCUT2D eigenvalue weighted by Gasteiger charge is 2.49. The summed E-state index contributed by atoms with van der Waals surface area (Å²) < 4.78 is 0. The van der Waals surface area contributed by atoms with Crippen LogP contribution in [0, 0.1) is 15.9 Å². The maximum absolute atomic E-state index is 5.42. The highest BCUT2D eigenvalue weighted by Crippen LogP contribution is 2.65. The number of allylic oxidation sites excluding steroid dienone is 10. The summed E-state index contributed by atoms with van der Waals surface area (Å²) in [5.41, 5.74) is 23.4. The number of para-hydroxylation sites is 1. The Hall–Kier alpha value is -8.20. The Kier molecular flexibility index (Phi) is 7.07. The third-order valence-electron chi connectivity index (χ3n) is 14.0. The lowest BCUT2D eigenvalue weighted by atomic mass is 9.59. The average Bonchev–Trinajstić information content (AvgIpc) is 4.13. The minimum Gasteiger partial charge on any atom is -0.248 e. The van der Waals surface area contributed by atoms with E-state index in [-0.39, 0.29) is 0 Å². The summed E-state index contributed by atoms with van der Waals surface area (Å²) in [6, 6.07) is 63.9. The Morgan fingerprint density at radius 3 is 1.73 bits per heavy atom. The van der Waals surface area contributed by atoms with Gasteiger partial charge >= 0.3 is 0 Å². The van der Waals surface area contributed by atoms with E-state index in [0.717, 1.165) is 49.2 Å². The van der Waals surface area contributed by atoms with Gasteiger partial charge in [-0.25, -0.2) is 9.98 Å². The second-order valence-electron chi connectivity index (χ2n) is 17.1. The van der Waals surface area contributed by atoms with E-state index in [1.807, 2.05) is 0 Å². The molecule has 0 saturated carbocycles. The van der Waals surface area contributed by atoms with Crippen molar-refractivity contribution in [3.63, 3.8) is 0 Å². The molecule has 1 atom stereocenters. The van der Waals surface area contributed by atoms with Crippen molar-refractivity contribution in [3.05, 3.63) is 266 Å². The van der Waals surface area contributed by atoms with Crippen molar-refractivity contribution in [2.45, 2.75) is 0 Å². The third-order valence-corrected chi connectivity index (χ3v) is 14.0. The van der Waals surface area contributed by atoms with Crippen molar-refractivity contribution < 1.29 is 0 Å². The van der Waals surface area contributed by atoms with E-state index in [9.17, 15) is 0 Å². The van der Waals surface area contributed by atoms with E-state index in [4.69, 9.17) is 9.98 Å². The van der Waals surface area contributed by atoms with Gasteiger partial charge in [0.2, 0.25) is 0 Å². The van der Waals surface area contributed by atoms with Crippen molar-refractivity contribution in [1.82, 2.24) is 0 Å². The van der Waals surface area contributed by atoms with E-state index in [2.05, 4.69) is 218 Å². The SMILES string of the molecule is C1=CC2(C3=Cc4ccccc4C3=C1)C1=Cc3ccccc3C1=CC=C2c1ccc2c(c1-c1ccccc1-c1ccccc1-c1ccccc1)-c1c3c(ccc1=N2)=c1ccccc1=N3. The molecule has 290 valence electrons. The number of hydrogen-bond acceptors (Lipinski definition) is 2. The topological polar surface area (TPSA) is 24.7 Å². The number of fused-ring (bicyclic) bond motifs is 14. The predicted octanol–water partition coefficient (Wildman–Crippen LogP) is 14.1. The second kappa shape index (κ2) is 12.9. The van der Waals surface area contributed by atoms with Crippen LogP contribution in [0.5, 0.6) is 0 Å². The Morgan fingerprint density at radius 1 is 0.349 bits per heavy atom. The van der Waals surface area contributed by atoms with Crippen molar-refractivity contribution >= 4 is 40.2 Å². The van der Waals surface area contributed by atoms with Crippen molar-refractivity contribution in [1.29, 1.82) is 0 Å². The van der Waals surface area contributed by atoms with Crippen LogP contribution in [0.25, 0.3) is 73.4 Å². The molecular formula is C61H36N2. The normalized spacial score (nSPS) is 17.3. The molecule has 0 radical (unpaired) electrons. The van der Waals surface area contributed by atoms with Crippen LogP contribution >= 0.6 is 0 Å².